The second-order valence-electron chi connectivity index (χ2n) is 3.22. The smallest absolute Gasteiger partial charge is 0.150 e. The van der Waals surface area contributed by atoms with E-state index >= 15 is 0 Å². The fourth-order valence-electron chi connectivity index (χ4n) is 1.21. The largest absolute Gasteiger partial charge is 0.298 e. The van der Waals surface area contributed by atoms with Crippen molar-refractivity contribution < 1.29 is 4.79 Å². The van der Waals surface area contributed by atoms with Crippen molar-refractivity contribution in [1.29, 1.82) is 0 Å². The number of carbonyl (C=O) groups excluding carboxylic acids is 1. The van der Waals surface area contributed by atoms with Gasteiger partial charge in [0.05, 0.1) is 5.02 Å². The molecule has 1 aromatic carbocycles. The van der Waals surface area contributed by atoms with Crippen LogP contribution in [0.5, 0.6) is 0 Å². The lowest BCUT2D eigenvalue weighted by Gasteiger charge is -2.04. The molecule has 1 heterocycles. The van der Waals surface area contributed by atoms with E-state index in [0.29, 0.717) is 10.6 Å². The summed E-state index contributed by atoms with van der Waals surface area (Å²) in [5.74, 6) is 0. The third-order valence-corrected chi connectivity index (χ3v) is 4.18. The molecule has 0 amide bonds. The standard InChI is InChI=1S/C12H7BrClNOS/c13-10-5-8(7-16)1-3-11(10)17-12-4-2-9(14)6-15-12/h1-7H. The number of benzene rings is 1. The molecule has 0 saturated heterocycles. The first-order valence-electron chi connectivity index (χ1n) is 4.73. The van der Waals surface area contributed by atoms with Crippen LogP contribution in [-0.2, 0) is 0 Å². The van der Waals surface area contributed by atoms with Crippen molar-refractivity contribution >= 4 is 45.6 Å². The molecule has 2 nitrogen and oxygen atoms in total. The maximum absolute atomic E-state index is 10.6. The van der Waals surface area contributed by atoms with E-state index < -0.39 is 0 Å². The van der Waals surface area contributed by atoms with Gasteiger partial charge < -0.3 is 0 Å². The number of aldehydes is 1. The van der Waals surface area contributed by atoms with Crippen molar-refractivity contribution in [2.75, 3.05) is 0 Å². The van der Waals surface area contributed by atoms with Crippen molar-refractivity contribution in [2.24, 2.45) is 0 Å². The number of halogens is 2. The lowest BCUT2D eigenvalue weighted by atomic mass is 10.2. The van der Waals surface area contributed by atoms with Crippen LogP contribution in [0.15, 0.2) is 50.9 Å². The maximum atomic E-state index is 10.6. The van der Waals surface area contributed by atoms with E-state index in [0.717, 1.165) is 20.7 Å². The van der Waals surface area contributed by atoms with Gasteiger partial charge in [-0.3, -0.25) is 4.79 Å². The van der Waals surface area contributed by atoms with E-state index in [4.69, 9.17) is 11.6 Å². The molecule has 0 aliphatic heterocycles. The molecule has 0 fully saturated rings. The summed E-state index contributed by atoms with van der Waals surface area (Å²) >= 11 is 10.7. The van der Waals surface area contributed by atoms with Crippen LogP contribution in [0.25, 0.3) is 0 Å². The van der Waals surface area contributed by atoms with Gasteiger partial charge >= 0.3 is 0 Å². The molecule has 0 spiro atoms. The normalized spacial score (nSPS) is 10.2. The molecule has 0 unspecified atom stereocenters. The fraction of sp³-hybridized carbons (Fsp3) is 0. The Bertz CT molecular complexity index is 545. The predicted octanol–water partition coefficient (Wildman–Crippen LogP) is 4.46. The van der Waals surface area contributed by atoms with Crippen LogP contribution in [0.2, 0.25) is 5.02 Å². The molecule has 0 aliphatic rings. The minimum atomic E-state index is 0.615. The van der Waals surface area contributed by atoms with Crippen LogP contribution < -0.4 is 0 Å². The first-order valence-corrected chi connectivity index (χ1v) is 6.72. The van der Waals surface area contributed by atoms with Crippen molar-refractivity contribution in [3.8, 4) is 0 Å². The van der Waals surface area contributed by atoms with Gasteiger partial charge in [0, 0.05) is 21.1 Å². The highest BCUT2D eigenvalue weighted by molar-refractivity contribution is 9.10. The van der Waals surface area contributed by atoms with Gasteiger partial charge in [-0.15, -0.1) is 0 Å². The molecule has 1 aromatic heterocycles. The summed E-state index contributed by atoms with van der Waals surface area (Å²) in [5.41, 5.74) is 0.644. The van der Waals surface area contributed by atoms with Crippen molar-refractivity contribution in [1.82, 2.24) is 4.98 Å². The minimum Gasteiger partial charge on any atom is -0.298 e. The molecule has 86 valence electrons. The zero-order valence-corrected chi connectivity index (χ0v) is 11.7. The Balaban J connectivity index is 2.24. The van der Waals surface area contributed by atoms with Gasteiger partial charge in [0.15, 0.2) is 0 Å². The number of hydrogen-bond donors (Lipinski definition) is 0. The van der Waals surface area contributed by atoms with Crippen molar-refractivity contribution in [2.45, 2.75) is 9.92 Å². The predicted molar refractivity (Wildman–Crippen MR) is 72.9 cm³/mol. The zero-order chi connectivity index (χ0) is 12.3. The maximum Gasteiger partial charge on any atom is 0.150 e. The van der Waals surface area contributed by atoms with Crippen LogP contribution >= 0.6 is 39.3 Å². The number of pyridine rings is 1. The molecule has 2 aromatic rings. The van der Waals surface area contributed by atoms with Gasteiger partial charge in [-0.25, -0.2) is 4.98 Å². The van der Waals surface area contributed by atoms with Crippen molar-refractivity contribution in [3.05, 3.63) is 51.6 Å². The summed E-state index contributed by atoms with van der Waals surface area (Å²) in [7, 11) is 0. The average Bonchev–Trinajstić information content (AvgIpc) is 2.34. The van der Waals surface area contributed by atoms with Gasteiger partial charge in [0.1, 0.15) is 11.3 Å². The highest BCUT2D eigenvalue weighted by Gasteiger charge is 2.04. The lowest BCUT2D eigenvalue weighted by Crippen LogP contribution is -1.83. The lowest BCUT2D eigenvalue weighted by molar-refractivity contribution is 0.112. The third kappa shape index (κ3) is 3.31. The SMILES string of the molecule is O=Cc1ccc(Sc2ccc(Cl)cn2)c(Br)c1. The molecule has 2 rings (SSSR count). The van der Waals surface area contributed by atoms with Gasteiger partial charge in [-0.2, -0.15) is 0 Å². The van der Waals surface area contributed by atoms with E-state index in [1.54, 1.807) is 24.4 Å². The molecule has 5 heteroatoms. The molecule has 0 aliphatic carbocycles. The zero-order valence-electron chi connectivity index (χ0n) is 8.56. The van der Waals surface area contributed by atoms with E-state index in [1.165, 1.54) is 11.8 Å². The molecule has 0 bridgehead atoms. The molecular weight excluding hydrogens is 322 g/mol. The number of rotatable bonds is 3. The second-order valence-corrected chi connectivity index (χ2v) is 5.58. The quantitative estimate of drug-likeness (QED) is 0.779. The van der Waals surface area contributed by atoms with Gasteiger partial charge in [-0.1, -0.05) is 29.4 Å². The molecule has 0 saturated carbocycles. The Morgan fingerprint density at radius 1 is 1.29 bits per heavy atom. The number of nitrogens with zero attached hydrogens (tertiary/aromatic N) is 1. The van der Waals surface area contributed by atoms with Crippen LogP contribution in [0, 0.1) is 0 Å². The first-order chi connectivity index (χ1) is 8.19. The summed E-state index contributed by atoms with van der Waals surface area (Å²) in [5, 5.41) is 1.47. The Morgan fingerprint density at radius 3 is 2.71 bits per heavy atom. The van der Waals surface area contributed by atoms with E-state index in [9.17, 15) is 4.79 Å². The van der Waals surface area contributed by atoms with Gasteiger partial charge in [-0.05, 0) is 40.2 Å². The fourth-order valence-corrected chi connectivity index (χ4v) is 2.72. The Hall–Kier alpha value is -0.840. The summed E-state index contributed by atoms with van der Waals surface area (Å²) in [6.45, 7) is 0. The summed E-state index contributed by atoms with van der Waals surface area (Å²) in [6.07, 6.45) is 2.43. The van der Waals surface area contributed by atoms with Crippen LogP contribution in [0.1, 0.15) is 10.4 Å². The number of carbonyl (C=O) groups is 1. The number of aromatic nitrogens is 1. The van der Waals surface area contributed by atoms with E-state index in [-0.39, 0.29) is 0 Å². The first kappa shape index (κ1) is 12.6. The number of hydrogen-bond acceptors (Lipinski definition) is 3. The van der Waals surface area contributed by atoms with Crippen LogP contribution in [0.4, 0.5) is 0 Å². The van der Waals surface area contributed by atoms with Crippen LogP contribution in [-0.4, -0.2) is 11.3 Å². The summed E-state index contributed by atoms with van der Waals surface area (Å²) in [6, 6.07) is 9.09. The summed E-state index contributed by atoms with van der Waals surface area (Å²) in [4.78, 5) is 15.8. The topological polar surface area (TPSA) is 30.0 Å². The van der Waals surface area contributed by atoms with Gasteiger partial charge in [0.25, 0.3) is 0 Å². The molecule has 0 radical (unpaired) electrons. The Labute approximate surface area is 117 Å². The molecular formula is C12H7BrClNOS. The molecule has 0 N–H and O–H groups in total. The second kappa shape index (κ2) is 5.67. The molecule has 17 heavy (non-hydrogen) atoms. The van der Waals surface area contributed by atoms with E-state index in [2.05, 4.69) is 20.9 Å². The monoisotopic (exact) mass is 327 g/mol. The van der Waals surface area contributed by atoms with E-state index in [1.807, 2.05) is 12.1 Å². The Kier molecular flexibility index (Phi) is 4.20. The highest BCUT2D eigenvalue weighted by Crippen LogP contribution is 2.33. The molecule has 0 atom stereocenters. The average molecular weight is 329 g/mol. The van der Waals surface area contributed by atoms with Crippen molar-refractivity contribution in [3.63, 3.8) is 0 Å². The van der Waals surface area contributed by atoms with Gasteiger partial charge in [0.2, 0.25) is 0 Å². The summed E-state index contributed by atoms with van der Waals surface area (Å²) < 4.78 is 0.879. The minimum absolute atomic E-state index is 0.615. The van der Waals surface area contributed by atoms with Crippen LogP contribution in [0.3, 0.4) is 0 Å². The highest BCUT2D eigenvalue weighted by atomic mass is 79.9. The Morgan fingerprint density at radius 2 is 2.12 bits per heavy atom. The third-order valence-electron chi connectivity index (χ3n) is 2.01.